The number of nitrogens with zero attached hydrogens (tertiary/aromatic N) is 4. The quantitative estimate of drug-likeness (QED) is 0.175. The molecule has 5 heteroatoms. The Morgan fingerprint density at radius 1 is 0.333 bits per heavy atom. The van der Waals surface area contributed by atoms with E-state index in [0.29, 0.717) is 17.5 Å². The molecule has 8 aromatic carbocycles. The molecule has 0 saturated carbocycles. The maximum Gasteiger partial charge on any atom is 0.164 e. The van der Waals surface area contributed by atoms with Crippen molar-refractivity contribution in [3.8, 4) is 79.0 Å². The van der Waals surface area contributed by atoms with E-state index in [2.05, 4.69) is 170 Å². The maximum atomic E-state index is 6.70. The lowest BCUT2D eigenvalue weighted by molar-refractivity contribution is 0.436. The highest BCUT2D eigenvalue weighted by Gasteiger charge is 2.52. The molecule has 0 saturated heterocycles. The first-order valence-corrected chi connectivity index (χ1v) is 20.2. The van der Waals surface area contributed by atoms with Crippen molar-refractivity contribution in [2.24, 2.45) is 0 Å². The van der Waals surface area contributed by atoms with Crippen LogP contribution in [-0.4, -0.2) is 19.9 Å². The molecule has 0 unspecified atom stereocenters. The van der Waals surface area contributed by atoms with Gasteiger partial charge in [-0.3, -0.25) is 4.98 Å². The number of hydrogen-bond donors (Lipinski definition) is 0. The van der Waals surface area contributed by atoms with Gasteiger partial charge in [0.05, 0.1) is 10.9 Å². The van der Waals surface area contributed by atoms with Gasteiger partial charge in [-0.1, -0.05) is 182 Å². The van der Waals surface area contributed by atoms with Gasteiger partial charge in [-0.2, -0.15) is 0 Å². The van der Waals surface area contributed by atoms with Gasteiger partial charge in [0.15, 0.2) is 17.5 Å². The van der Waals surface area contributed by atoms with E-state index >= 15 is 0 Å². The Balaban J connectivity index is 1.17. The van der Waals surface area contributed by atoms with E-state index < -0.39 is 5.41 Å². The van der Waals surface area contributed by atoms with Crippen molar-refractivity contribution in [1.29, 1.82) is 0 Å². The molecule has 3 heterocycles. The maximum absolute atomic E-state index is 6.70. The van der Waals surface area contributed by atoms with E-state index in [4.69, 9.17) is 24.7 Å². The third-order valence-corrected chi connectivity index (χ3v) is 12.1. The van der Waals surface area contributed by atoms with Gasteiger partial charge in [-0.25, -0.2) is 15.0 Å². The summed E-state index contributed by atoms with van der Waals surface area (Å²) < 4.78 is 6.70. The molecule has 5 nitrogen and oxygen atoms in total. The number of hydrogen-bond acceptors (Lipinski definition) is 5. The molecule has 0 N–H and O–H groups in total. The van der Waals surface area contributed by atoms with Crippen LogP contribution in [0.5, 0.6) is 11.5 Å². The van der Waals surface area contributed by atoms with Crippen molar-refractivity contribution in [3.63, 3.8) is 0 Å². The van der Waals surface area contributed by atoms with Crippen molar-refractivity contribution in [2.75, 3.05) is 0 Å². The Kier molecular flexibility index (Phi) is 7.69. The lowest BCUT2D eigenvalue weighted by Crippen LogP contribution is -2.32. The molecule has 2 aliphatic rings. The molecule has 0 atom stereocenters. The van der Waals surface area contributed by atoms with Crippen LogP contribution in [-0.2, 0) is 5.41 Å². The summed E-state index contributed by atoms with van der Waals surface area (Å²) >= 11 is 0. The number of ether oxygens (including phenoxy) is 1. The van der Waals surface area contributed by atoms with Gasteiger partial charge < -0.3 is 4.74 Å². The predicted octanol–water partition coefficient (Wildman–Crippen LogP) is 13.2. The smallest absolute Gasteiger partial charge is 0.164 e. The summed E-state index contributed by atoms with van der Waals surface area (Å²) in [6, 6.07) is 70.0. The number of pyridine rings is 1. The zero-order valence-electron chi connectivity index (χ0n) is 32.3. The van der Waals surface area contributed by atoms with Gasteiger partial charge in [0.25, 0.3) is 0 Å². The Morgan fingerprint density at radius 3 is 1.48 bits per heavy atom. The molecule has 60 heavy (non-hydrogen) atoms. The third kappa shape index (κ3) is 5.12. The molecule has 1 aliphatic carbocycles. The monoisotopic (exact) mass is 766 g/mol. The average Bonchev–Trinajstić information content (AvgIpc) is 3.63. The summed E-state index contributed by atoms with van der Waals surface area (Å²) in [6.07, 6.45) is 1.88. The molecule has 0 amide bonds. The molecule has 10 aromatic rings. The molecule has 2 aromatic heterocycles. The van der Waals surface area contributed by atoms with Crippen LogP contribution in [0.15, 0.2) is 206 Å². The van der Waals surface area contributed by atoms with Crippen molar-refractivity contribution in [3.05, 3.63) is 229 Å². The van der Waals surface area contributed by atoms with E-state index in [1.54, 1.807) is 0 Å². The summed E-state index contributed by atoms with van der Waals surface area (Å²) in [5, 5.41) is 1.09. The second-order valence-electron chi connectivity index (χ2n) is 15.3. The van der Waals surface area contributed by atoms with Crippen molar-refractivity contribution in [2.45, 2.75) is 5.41 Å². The fourth-order valence-electron chi connectivity index (χ4n) is 9.50. The Morgan fingerprint density at radius 2 is 0.800 bits per heavy atom. The molecule has 12 rings (SSSR count). The van der Waals surface area contributed by atoms with Crippen LogP contribution >= 0.6 is 0 Å². The van der Waals surface area contributed by atoms with Crippen molar-refractivity contribution < 1.29 is 4.74 Å². The summed E-state index contributed by atoms with van der Waals surface area (Å²) in [4.78, 5) is 20.8. The van der Waals surface area contributed by atoms with Crippen molar-refractivity contribution in [1.82, 2.24) is 19.9 Å². The molecule has 280 valence electrons. The van der Waals surface area contributed by atoms with Gasteiger partial charge in [0.2, 0.25) is 0 Å². The molecule has 0 radical (unpaired) electrons. The van der Waals surface area contributed by atoms with Gasteiger partial charge in [-0.15, -0.1) is 0 Å². The number of benzene rings is 8. The average molecular weight is 767 g/mol. The highest BCUT2D eigenvalue weighted by atomic mass is 16.5. The van der Waals surface area contributed by atoms with Gasteiger partial charge in [0.1, 0.15) is 11.5 Å². The highest BCUT2D eigenvalue weighted by molar-refractivity contribution is 6.05. The highest BCUT2D eigenvalue weighted by Crippen LogP contribution is 2.64. The van der Waals surface area contributed by atoms with E-state index in [0.717, 1.165) is 89.2 Å². The molecule has 1 spiro atoms. The first-order valence-electron chi connectivity index (χ1n) is 20.2. The molecule has 1 aliphatic heterocycles. The van der Waals surface area contributed by atoms with E-state index in [1.165, 1.54) is 5.56 Å². The largest absolute Gasteiger partial charge is 0.457 e. The Labute approximate surface area is 347 Å². The second kappa shape index (κ2) is 13.5. The summed E-state index contributed by atoms with van der Waals surface area (Å²) in [5.74, 6) is 3.50. The van der Waals surface area contributed by atoms with Crippen LogP contribution in [0.25, 0.3) is 78.4 Å². The standard InChI is InChI=1S/C55H34N4O/c1-3-15-35(16-4-1)36-30-32-39(33-31-36)53-57-52(38-17-5-2-6-18-38)58-54(59-53)42-23-13-27-46-50(42)49-40(41-22-11-19-37-20-14-34-56-51(37)41)21-12-26-45(49)55(46)43-24-7-9-28-47(43)60-48-29-10-8-25-44(48)55/h1-34H. The summed E-state index contributed by atoms with van der Waals surface area (Å²) in [5.41, 5.74) is 14.2. The number of rotatable bonds is 5. The van der Waals surface area contributed by atoms with Crippen LogP contribution in [0.2, 0.25) is 0 Å². The van der Waals surface area contributed by atoms with Crippen molar-refractivity contribution >= 4 is 10.9 Å². The summed E-state index contributed by atoms with van der Waals surface area (Å²) in [6.45, 7) is 0. The minimum absolute atomic E-state index is 0.602. The Bertz CT molecular complexity index is 3240. The molecular weight excluding hydrogens is 733 g/mol. The third-order valence-electron chi connectivity index (χ3n) is 12.1. The van der Waals surface area contributed by atoms with Crippen LogP contribution in [0.3, 0.4) is 0 Å². The van der Waals surface area contributed by atoms with Crippen LogP contribution < -0.4 is 4.74 Å². The lowest BCUT2D eigenvalue weighted by atomic mass is 9.66. The van der Waals surface area contributed by atoms with E-state index in [-0.39, 0.29) is 0 Å². The number of para-hydroxylation sites is 3. The topological polar surface area (TPSA) is 60.8 Å². The minimum Gasteiger partial charge on any atom is -0.457 e. The van der Waals surface area contributed by atoms with Crippen LogP contribution in [0.1, 0.15) is 22.3 Å². The first kappa shape index (κ1) is 34.1. The molecule has 0 fully saturated rings. The SMILES string of the molecule is c1ccc(-c2ccc(-c3nc(-c4ccccc4)nc(-c4cccc5c4-c4c(-c6cccc7cccnc67)cccc4C54c5ccccc5Oc5ccccc54)n3)cc2)cc1. The van der Waals surface area contributed by atoms with Gasteiger partial charge in [-0.05, 0) is 57.1 Å². The minimum atomic E-state index is -0.703. The van der Waals surface area contributed by atoms with Gasteiger partial charge in [0, 0.05) is 45.0 Å². The zero-order valence-corrected chi connectivity index (χ0v) is 32.3. The molecule has 0 bridgehead atoms. The van der Waals surface area contributed by atoms with E-state index in [9.17, 15) is 0 Å². The van der Waals surface area contributed by atoms with Crippen LogP contribution in [0.4, 0.5) is 0 Å². The number of fused-ring (bicyclic) bond motifs is 10. The summed E-state index contributed by atoms with van der Waals surface area (Å²) in [7, 11) is 0. The second-order valence-corrected chi connectivity index (χ2v) is 15.3. The zero-order chi connectivity index (χ0) is 39.6. The Hall–Kier alpha value is -8.02. The van der Waals surface area contributed by atoms with E-state index in [1.807, 2.05) is 36.5 Å². The van der Waals surface area contributed by atoms with Gasteiger partial charge >= 0.3 is 0 Å². The molecular formula is C55H34N4O. The fraction of sp³-hybridized carbons (Fsp3) is 0.0182. The van der Waals surface area contributed by atoms with Crippen LogP contribution in [0, 0.1) is 0 Å². The lowest BCUT2D eigenvalue weighted by Gasteiger charge is -2.39. The normalized spacial score (nSPS) is 12.9. The predicted molar refractivity (Wildman–Crippen MR) is 240 cm³/mol. The number of aromatic nitrogens is 4. The fourth-order valence-corrected chi connectivity index (χ4v) is 9.50. The first-order chi connectivity index (χ1) is 29.8.